The lowest BCUT2D eigenvalue weighted by molar-refractivity contribution is -0.124. The third-order valence-electron chi connectivity index (χ3n) is 9.18. The summed E-state index contributed by atoms with van der Waals surface area (Å²) in [5, 5.41) is 0. The molecule has 0 heterocycles. The summed E-state index contributed by atoms with van der Waals surface area (Å²) in [6.07, 6.45) is 24.3. The molecule has 0 saturated carbocycles. The van der Waals surface area contributed by atoms with Gasteiger partial charge in [0.05, 0.1) is 11.8 Å². The quantitative estimate of drug-likeness (QED) is 0.278. The van der Waals surface area contributed by atoms with Crippen LogP contribution < -0.4 is 0 Å². The van der Waals surface area contributed by atoms with Crippen LogP contribution in [0.2, 0.25) is 0 Å². The molecule has 0 aromatic heterocycles. The average Bonchev–Trinajstić information content (AvgIpc) is 2.90. The van der Waals surface area contributed by atoms with Crippen LogP contribution in [0.15, 0.2) is 114 Å². The lowest BCUT2D eigenvalue weighted by Gasteiger charge is -2.45. The number of Topliss-reactive ketones (excluding diaryl/α,β-unsaturated/α-hetero) is 1. The standard InChI is InChI=1S/C41H52Br2O/c1-38(2,3)31-21-27(25-13-17-29(42)18-14-25)22-32(39(4,5)6)35(31)37(44)36-33(40(7,8)9)23-28(24-34(36)41(10,11)12)26-15-19-30(43)20-16-26/h13,15,17-24,35-36H,14,16H2,1-12H3. The number of hydrogen-bond donors (Lipinski definition) is 0. The predicted molar refractivity (Wildman–Crippen MR) is 198 cm³/mol. The second-order valence-corrected chi connectivity index (χ2v) is 18.7. The third kappa shape index (κ3) is 7.52. The molecule has 0 N–H and O–H groups in total. The van der Waals surface area contributed by atoms with E-state index in [2.05, 4.69) is 176 Å². The van der Waals surface area contributed by atoms with Crippen LogP contribution in [-0.2, 0) is 4.79 Å². The maximum Gasteiger partial charge on any atom is 0.155 e. The molecule has 3 heteroatoms. The van der Waals surface area contributed by atoms with E-state index in [0.717, 1.165) is 21.8 Å². The number of halogens is 2. The van der Waals surface area contributed by atoms with E-state index in [-0.39, 0.29) is 33.5 Å². The Balaban J connectivity index is 1.97. The number of ketones is 1. The summed E-state index contributed by atoms with van der Waals surface area (Å²) in [5.41, 5.74) is 9.19. The zero-order chi connectivity index (χ0) is 33.0. The minimum Gasteiger partial charge on any atom is -0.298 e. The summed E-state index contributed by atoms with van der Waals surface area (Å²) in [7, 11) is 0. The van der Waals surface area contributed by atoms with Crippen molar-refractivity contribution in [2.24, 2.45) is 33.5 Å². The summed E-state index contributed by atoms with van der Waals surface area (Å²) in [4.78, 5) is 15.6. The minimum absolute atomic E-state index is 0.183. The molecule has 0 spiro atoms. The fourth-order valence-electron chi connectivity index (χ4n) is 6.65. The molecular weight excluding hydrogens is 668 g/mol. The molecule has 1 nitrogen and oxygen atoms in total. The smallest absolute Gasteiger partial charge is 0.155 e. The number of allylic oxidation sites excluding steroid dienone is 20. The normalized spacial score (nSPS) is 23.6. The van der Waals surface area contributed by atoms with Crippen molar-refractivity contribution in [1.29, 1.82) is 0 Å². The van der Waals surface area contributed by atoms with E-state index in [9.17, 15) is 0 Å². The molecule has 0 fully saturated rings. The summed E-state index contributed by atoms with van der Waals surface area (Å²) < 4.78 is 2.24. The van der Waals surface area contributed by atoms with Gasteiger partial charge in [0.15, 0.2) is 5.78 Å². The van der Waals surface area contributed by atoms with Crippen LogP contribution in [0.5, 0.6) is 0 Å². The third-order valence-corrected chi connectivity index (χ3v) is 10.4. The minimum atomic E-state index is -0.293. The van der Waals surface area contributed by atoms with Crippen LogP contribution in [0.25, 0.3) is 0 Å². The van der Waals surface area contributed by atoms with E-state index in [4.69, 9.17) is 0 Å². The van der Waals surface area contributed by atoms with E-state index in [1.165, 1.54) is 44.6 Å². The molecule has 236 valence electrons. The van der Waals surface area contributed by atoms with Crippen molar-refractivity contribution in [3.8, 4) is 0 Å². The van der Waals surface area contributed by atoms with Crippen LogP contribution >= 0.6 is 31.9 Å². The molecule has 0 aromatic rings. The highest BCUT2D eigenvalue weighted by molar-refractivity contribution is 9.12. The van der Waals surface area contributed by atoms with Crippen molar-refractivity contribution < 1.29 is 4.79 Å². The molecule has 0 aromatic carbocycles. The maximum atomic E-state index is 15.6. The maximum absolute atomic E-state index is 15.6. The molecule has 44 heavy (non-hydrogen) atoms. The van der Waals surface area contributed by atoms with E-state index >= 15 is 4.79 Å². The highest BCUT2D eigenvalue weighted by atomic mass is 79.9. The lowest BCUT2D eigenvalue weighted by atomic mass is 9.58. The van der Waals surface area contributed by atoms with Crippen molar-refractivity contribution in [1.82, 2.24) is 0 Å². The summed E-state index contributed by atoms with van der Waals surface area (Å²) in [5.74, 6) is -0.275. The summed E-state index contributed by atoms with van der Waals surface area (Å²) in [6, 6.07) is 0. The Labute approximate surface area is 284 Å². The van der Waals surface area contributed by atoms with Crippen LogP contribution in [0.4, 0.5) is 0 Å². The molecule has 4 aliphatic carbocycles. The summed E-state index contributed by atoms with van der Waals surface area (Å²) in [6.45, 7) is 27.2. The first kappa shape index (κ1) is 34.9. The molecule has 0 bridgehead atoms. The Morgan fingerprint density at radius 1 is 0.523 bits per heavy atom. The van der Waals surface area contributed by atoms with Gasteiger partial charge in [-0.2, -0.15) is 0 Å². The number of rotatable bonds is 2. The van der Waals surface area contributed by atoms with Gasteiger partial charge in [0, 0.05) is 8.96 Å². The fourth-order valence-corrected chi connectivity index (χ4v) is 7.23. The highest BCUT2D eigenvalue weighted by Gasteiger charge is 2.47. The topological polar surface area (TPSA) is 17.1 Å². The first-order chi connectivity index (χ1) is 20.1. The largest absolute Gasteiger partial charge is 0.298 e. The van der Waals surface area contributed by atoms with E-state index in [1.54, 1.807) is 0 Å². The van der Waals surface area contributed by atoms with Crippen molar-refractivity contribution in [2.75, 3.05) is 0 Å². The van der Waals surface area contributed by atoms with Crippen molar-refractivity contribution in [2.45, 2.75) is 95.9 Å². The van der Waals surface area contributed by atoms with Gasteiger partial charge in [0.1, 0.15) is 0 Å². The second-order valence-electron chi connectivity index (χ2n) is 16.9. The molecule has 0 saturated heterocycles. The van der Waals surface area contributed by atoms with Gasteiger partial charge >= 0.3 is 0 Å². The Kier molecular flexibility index (Phi) is 9.78. The first-order valence-electron chi connectivity index (χ1n) is 16.0. The molecule has 0 radical (unpaired) electrons. The Morgan fingerprint density at radius 3 is 1.00 bits per heavy atom. The van der Waals surface area contributed by atoms with Crippen molar-refractivity contribution >= 4 is 37.6 Å². The van der Waals surface area contributed by atoms with Crippen LogP contribution in [0.1, 0.15) is 95.9 Å². The zero-order valence-corrected chi connectivity index (χ0v) is 32.2. The molecule has 0 atom stereocenters. The van der Waals surface area contributed by atoms with Crippen LogP contribution in [0.3, 0.4) is 0 Å². The van der Waals surface area contributed by atoms with Crippen molar-refractivity contribution in [3.05, 3.63) is 114 Å². The van der Waals surface area contributed by atoms with Gasteiger partial charge in [0.25, 0.3) is 0 Å². The van der Waals surface area contributed by atoms with E-state index in [0.29, 0.717) is 5.78 Å². The Morgan fingerprint density at radius 2 is 0.795 bits per heavy atom. The monoisotopic (exact) mass is 718 g/mol. The van der Waals surface area contributed by atoms with Crippen molar-refractivity contribution in [3.63, 3.8) is 0 Å². The molecule has 0 amide bonds. The van der Waals surface area contributed by atoms with Gasteiger partial charge in [0.2, 0.25) is 0 Å². The van der Waals surface area contributed by atoms with Crippen LogP contribution in [0, 0.1) is 33.5 Å². The number of carbonyl (C=O) groups is 1. The number of hydrogen-bond acceptors (Lipinski definition) is 1. The SMILES string of the molecule is CC(C)(C)C1=CC(=C2C=CC(Br)=CC2)C=C(C(C)(C)C)C1C(=O)C1C(C(C)(C)C)=CC(=C2C=CC(Br)=CC2)C=C1C(C)(C)C. The van der Waals surface area contributed by atoms with Gasteiger partial charge in [-0.3, -0.25) is 4.79 Å². The zero-order valence-electron chi connectivity index (χ0n) is 29.0. The van der Waals surface area contributed by atoms with Gasteiger partial charge in [-0.15, -0.1) is 0 Å². The Bertz CT molecular complexity index is 1360. The molecule has 0 unspecified atom stereocenters. The molecule has 4 aliphatic rings. The van der Waals surface area contributed by atoms with E-state index in [1.807, 2.05) is 0 Å². The lowest BCUT2D eigenvalue weighted by Crippen LogP contribution is -2.41. The van der Waals surface area contributed by atoms with E-state index < -0.39 is 0 Å². The number of carbonyl (C=O) groups excluding carboxylic acids is 1. The molecular formula is C41H52Br2O. The molecule has 4 rings (SSSR count). The van der Waals surface area contributed by atoms with Crippen LogP contribution in [-0.4, -0.2) is 5.78 Å². The average molecular weight is 721 g/mol. The molecule has 0 aliphatic heterocycles. The van der Waals surface area contributed by atoms with Gasteiger partial charge in [-0.1, -0.05) is 164 Å². The summed E-state index contributed by atoms with van der Waals surface area (Å²) >= 11 is 7.26. The second kappa shape index (κ2) is 12.3. The van der Waals surface area contributed by atoms with Gasteiger partial charge in [-0.05, 0) is 91.2 Å². The highest BCUT2D eigenvalue weighted by Crippen LogP contribution is 2.53. The predicted octanol–water partition coefficient (Wildman–Crippen LogP) is 12.8. The Hall–Kier alpha value is -1.97. The van der Waals surface area contributed by atoms with Gasteiger partial charge < -0.3 is 0 Å². The van der Waals surface area contributed by atoms with Gasteiger partial charge in [-0.25, -0.2) is 0 Å². The first-order valence-corrected chi connectivity index (χ1v) is 17.6. The fraction of sp³-hybridized carbons (Fsp3) is 0.488.